The van der Waals surface area contributed by atoms with Crippen LogP contribution < -0.4 is 10.6 Å². The first kappa shape index (κ1) is 17.8. The number of rotatable bonds is 4. The van der Waals surface area contributed by atoms with E-state index >= 15 is 0 Å². The molecule has 2 heterocycles. The normalized spacial score (nSPS) is 26.7. The molecule has 0 unspecified atom stereocenters. The van der Waals surface area contributed by atoms with Crippen molar-refractivity contribution in [1.29, 1.82) is 0 Å². The summed E-state index contributed by atoms with van der Waals surface area (Å²) >= 11 is 0. The molecule has 0 aliphatic carbocycles. The van der Waals surface area contributed by atoms with E-state index in [1.165, 1.54) is 12.1 Å². The minimum absolute atomic E-state index is 0.0795. The molecule has 0 aromatic heterocycles. The summed E-state index contributed by atoms with van der Waals surface area (Å²) < 4.78 is 19.0. The Bertz CT molecular complexity index is 657. The van der Waals surface area contributed by atoms with Crippen molar-refractivity contribution < 1.29 is 18.7 Å². The number of nitrogens with one attached hydrogen (secondary N) is 2. The molecule has 1 aromatic rings. The van der Waals surface area contributed by atoms with Gasteiger partial charge in [-0.1, -0.05) is 6.07 Å². The molecule has 6 nitrogen and oxygen atoms in total. The fourth-order valence-electron chi connectivity index (χ4n) is 3.60. The molecule has 3 rings (SSSR count). The van der Waals surface area contributed by atoms with Crippen molar-refractivity contribution in [3.8, 4) is 0 Å². The number of carbonyl (C=O) groups excluding carboxylic acids is 2. The maximum absolute atomic E-state index is 13.4. The van der Waals surface area contributed by atoms with Gasteiger partial charge in [0.1, 0.15) is 5.82 Å². The number of carbonyl (C=O) groups is 2. The zero-order chi connectivity index (χ0) is 18.0. The minimum atomic E-state index is -0.577. The molecule has 7 heteroatoms. The van der Waals surface area contributed by atoms with E-state index in [-0.39, 0.29) is 30.4 Å². The second-order valence-corrected chi connectivity index (χ2v) is 6.84. The Labute approximate surface area is 146 Å². The molecule has 1 aromatic carbocycles. The molecule has 136 valence electrons. The highest BCUT2D eigenvalue weighted by Gasteiger charge is 2.31. The molecule has 2 aliphatic heterocycles. The van der Waals surface area contributed by atoms with E-state index in [0.717, 1.165) is 19.6 Å². The van der Waals surface area contributed by atoms with Gasteiger partial charge in [-0.3, -0.25) is 14.5 Å². The first-order chi connectivity index (χ1) is 11.9. The van der Waals surface area contributed by atoms with E-state index in [1.54, 1.807) is 6.07 Å². The van der Waals surface area contributed by atoms with Crippen molar-refractivity contribution in [2.45, 2.75) is 38.4 Å². The molecule has 0 saturated carbocycles. The van der Waals surface area contributed by atoms with Crippen molar-refractivity contribution in [2.75, 3.05) is 31.5 Å². The SMILES string of the molecule is C[C@@H]1CN(CCNC(=O)[C@H]2CC(=O)Nc3cc(F)ccc32)C[C@H](C)O1. The Morgan fingerprint density at radius 1 is 1.36 bits per heavy atom. The van der Waals surface area contributed by atoms with Crippen molar-refractivity contribution in [3.63, 3.8) is 0 Å². The van der Waals surface area contributed by atoms with Crippen LogP contribution in [0.3, 0.4) is 0 Å². The van der Waals surface area contributed by atoms with Crippen LogP contribution in [0.25, 0.3) is 0 Å². The van der Waals surface area contributed by atoms with E-state index in [4.69, 9.17) is 4.74 Å². The number of morpholine rings is 1. The summed E-state index contributed by atoms with van der Waals surface area (Å²) in [5.74, 6) is -1.48. The molecule has 2 amide bonds. The number of fused-ring (bicyclic) bond motifs is 1. The average molecular weight is 349 g/mol. The van der Waals surface area contributed by atoms with Crippen LogP contribution in [0, 0.1) is 5.82 Å². The van der Waals surface area contributed by atoms with E-state index < -0.39 is 11.7 Å². The zero-order valence-corrected chi connectivity index (χ0v) is 14.5. The molecule has 0 radical (unpaired) electrons. The Hall–Kier alpha value is -1.99. The van der Waals surface area contributed by atoms with Crippen molar-refractivity contribution in [3.05, 3.63) is 29.6 Å². The van der Waals surface area contributed by atoms with Crippen LogP contribution in [0.4, 0.5) is 10.1 Å². The Morgan fingerprint density at radius 2 is 2.08 bits per heavy atom. The lowest BCUT2D eigenvalue weighted by Crippen LogP contribution is -2.48. The third-order valence-corrected chi connectivity index (χ3v) is 4.59. The summed E-state index contributed by atoms with van der Waals surface area (Å²) in [6.45, 7) is 7.00. The van der Waals surface area contributed by atoms with Gasteiger partial charge in [-0.2, -0.15) is 0 Å². The van der Waals surface area contributed by atoms with Gasteiger partial charge in [-0.15, -0.1) is 0 Å². The van der Waals surface area contributed by atoms with Gasteiger partial charge in [0, 0.05) is 38.3 Å². The average Bonchev–Trinajstić information content (AvgIpc) is 2.52. The van der Waals surface area contributed by atoms with E-state index in [0.29, 0.717) is 17.8 Å². The lowest BCUT2D eigenvalue weighted by atomic mass is 9.89. The maximum atomic E-state index is 13.4. The molecule has 0 bridgehead atoms. The highest BCUT2D eigenvalue weighted by molar-refractivity contribution is 6.01. The third kappa shape index (κ3) is 4.35. The van der Waals surface area contributed by atoms with Crippen LogP contribution in [-0.4, -0.2) is 55.1 Å². The minimum Gasteiger partial charge on any atom is -0.373 e. The van der Waals surface area contributed by atoms with Crippen LogP contribution in [0.1, 0.15) is 31.7 Å². The van der Waals surface area contributed by atoms with Gasteiger partial charge in [0.05, 0.1) is 18.1 Å². The molecule has 1 fully saturated rings. The smallest absolute Gasteiger partial charge is 0.228 e. The Morgan fingerprint density at radius 3 is 2.80 bits per heavy atom. The highest BCUT2D eigenvalue weighted by Crippen LogP contribution is 2.32. The molecule has 2 N–H and O–H groups in total. The lowest BCUT2D eigenvalue weighted by Gasteiger charge is -2.35. The molecule has 1 saturated heterocycles. The Balaban J connectivity index is 1.58. The number of amides is 2. The largest absolute Gasteiger partial charge is 0.373 e. The molecular formula is C18H24FN3O3. The summed E-state index contributed by atoms with van der Waals surface area (Å²) in [5, 5.41) is 5.53. The topological polar surface area (TPSA) is 70.7 Å². The molecular weight excluding hydrogens is 325 g/mol. The van der Waals surface area contributed by atoms with Gasteiger partial charge >= 0.3 is 0 Å². The van der Waals surface area contributed by atoms with Crippen molar-refractivity contribution in [1.82, 2.24) is 10.2 Å². The number of hydrogen-bond donors (Lipinski definition) is 2. The van der Waals surface area contributed by atoms with Crippen LogP contribution >= 0.6 is 0 Å². The first-order valence-corrected chi connectivity index (χ1v) is 8.67. The van der Waals surface area contributed by atoms with Crippen LogP contribution in [-0.2, 0) is 14.3 Å². The van der Waals surface area contributed by atoms with E-state index in [2.05, 4.69) is 15.5 Å². The maximum Gasteiger partial charge on any atom is 0.228 e. The van der Waals surface area contributed by atoms with Crippen LogP contribution in [0.2, 0.25) is 0 Å². The van der Waals surface area contributed by atoms with Crippen LogP contribution in [0.15, 0.2) is 18.2 Å². The highest BCUT2D eigenvalue weighted by atomic mass is 19.1. The van der Waals surface area contributed by atoms with Gasteiger partial charge in [-0.25, -0.2) is 4.39 Å². The van der Waals surface area contributed by atoms with Gasteiger partial charge in [-0.05, 0) is 31.5 Å². The van der Waals surface area contributed by atoms with Gasteiger partial charge in [0.25, 0.3) is 0 Å². The monoisotopic (exact) mass is 349 g/mol. The summed E-state index contributed by atoms with van der Waals surface area (Å²) in [4.78, 5) is 26.6. The molecule has 2 aliphatic rings. The first-order valence-electron chi connectivity index (χ1n) is 8.67. The van der Waals surface area contributed by atoms with Crippen molar-refractivity contribution in [2.24, 2.45) is 0 Å². The molecule has 25 heavy (non-hydrogen) atoms. The quantitative estimate of drug-likeness (QED) is 0.864. The van der Waals surface area contributed by atoms with Crippen molar-refractivity contribution >= 4 is 17.5 Å². The predicted octanol–water partition coefficient (Wildman–Crippen LogP) is 1.48. The van der Waals surface area contributed by atoms with Gasteiger partial charge in [0.2, 0.25) is 11.8 Å². The fourth-order valence-corrected chi connectivity index (χ4v) is 3.60. The molecule has 3 atom stereocenters. The summed E-state index contributed by atoms with van der Waals surface area (Å²) in [6.07, 6.45) is 0.447. The standard InChI is InChI=1S/C18H24FN3O3/c1-11-9-22(10-12(2)25-11)6-5-20-18(24)15-8-17(23)21-16-7-13(19)3-4-14(15)16/h3-4,7,11-12,15H,5-6,8-10H2,1-2H3,(H,20,24)(H,21,23)/t11-,12+,15-/m0/s1. The Kier molecular flexibility index (Phi) is 5.34. The summed E-state index contributed by atoms with van der Waals surface area (Å²) in [7, 11) is 0. The predicted molar refractivity (Wildman–Crippen MR) is 91.8 cm³/mol. The summed E-state index contributed by atoms with van der Waals surface area (Å²) in [5.41, 5.74) is 1.04. The number of nitrogens with zero attached hydrogens (tertiary/aromatic N) is 1. The number of anilines is 1. The van der Waals surface area contributed by atoms with E-state index in [1.807, 2.05) is 13.8 Å². The fraction of sp³-hybridized carbons (Fsp3) is 0.556. The second kappa shape index (κ2) is 7.49. The second-order valence-electron chi connectivity index (χ2n) is 6.84. The van der Waals surface area contributed by atoms with Crippen LogP contribution in [0.5, 0.6) is 0 Å². The van der Waals surface area contributed by atoms with Gasteiger partial charge < -0.3 is 15.4 Å². The summed E-state index contributed by atoms with van der Waals surface area (Å²) in [6, 6.07) is 4.13. The number of hydrogen-bond acceptors (Lipinski definition) is 4. The zero-order valence-electron chi connectivity index (χ0n) is 14.5. The number of ether oxygens (including phenoxy) is 1. The molecule has 0 spiro atoms. The number of halogens is 1. The number of benzene rings is 1. The van der Waals surface area contributed by atoms with E-state index in [9.17, 15) is 14.0 Å². The van der Waals surface area contributed by atoms with Gasteiger partial charge in [0.15, 0.2) is 0 Å². The third-order valence-electron chi connectivity index (χ3n) is 4.59. The lowest BCUT2D eigenvalue weighted by molar-refractivity contribution is -0.126.